The Morgan fingerprint density at radius 1 is 0.625 bits per heavy atom. The van der Waals surface area contributed by atoms with E-state index in [1.165, 1.54) is 0 Å². The SMILES string of the molecule is NCCNCC(CNCCN)CNCCN. The van der Waals surface area contributed by atoms with Crippen LogP contribution in [-0.2, 0) is 0 Å². The monoisotopic (exact) mass is 232 g/mol. The van der Waals surface area contributed by atoms with Crippen LogP contribution in [-0.4, -0.2) is 58.9 Å². The Kier molecular flexibility index (Phi) is 12.6. The molecule has 0 saturated carbocycles. The first kappa shape index (κ1) is 15.8. The maximum absolute atomic E-state index is 5.43. The molecule has 0 heterocycles. The zero-order chi connectivity index (χ0) is 12.1. The van der Waals surface area contributed by atoms with E-state index in [1.54, 1.807) is 0 Å². The van der Waals surface area contributed by atoms with Crippen LogP contribution in [0.5, 0.6) is 0 Å². The van der Waals surface area contributed by atoms with E-state index in [0.717, 1.165) is 39.3 Å². The molecule has 0 radical (unpaired) electrons. The van der Waals surface area contributed by atoms with Gasteiger partial charge in [-0.3, -0.25) is 0 Å². The molecule has 98 valence electrons. The van der Waals surface area contributed by atoms with Crippen molar-refractivity contribution >= 4 is 0 Å². The van der Waals surface area contributed by atoms with Crippen LogP contribution < -0.4 is 33.2 Å². The second kappa shape index (κ2) is 12.8. The Balaban J connectivity index is 3.58. The molecular weight excluding hydrogens is 204 g/mol. The maximum Gasteiger partial charge on any atom is 0.00746 e. The number of nitrogens with one attached hydrogen (secondary N) is 3. The molecule has 0 rings (SSSR count). The van der Waals surface area contributed by atoms with Gasteiger partial charge in [0.25, 0.3) is 0 Å². The topological polar surface area (TPSA) is 114 Å². The van der Waals surface area contributed by atoms with E-state index in [9.17, 15) is 0 Å². The zero-order valence-electron chi connectivity index (χ0n) is 10.2. The van der Waals surface area contributed by atoms with Gasteiger partial charge in [0.15, 0.2) is 0 Å². The molecule has 0 fully saturated rings. The fourth-order valence-corrected chi connectivity index (χ4v) is 1.44. The van der Waals surface area contributed by atoms with E-state index in [2.05, 4.69) is 16.0 Å². The Morgan fingerprint density at radius 3 is 1.19 bits per heavy atom. The highest BCUT2D eigenvalue weighted by Gasteiger charge is 2.06. The van der Waals surface area contributed by atoms with Crippen molar-refractivity contribution in [2.75, 3.05) is 58.9 Å². The summed E-state index contributed by atoms with van der Waals surface area (Å²) in [7, 11) is 0. The second-order valence-electron chi connectivity index (χ2n) is 3.84. The van der Waals surface area contributed by atoms with Gasteiger partial charge < -0.3 is 33.2 Å². The van der Waals surface area contributed by atoms with Crippen molar-refractivity contribution in [1.82, 2.24) is 16.0 Å². The summed E-state index contributed by atoms with van der Waals surface area (Å²) >= 11 is 0. The standard InChI is InChI=1S/C10H28N6/c11-1-4-14-7-10(8-15-5-2-12)9-16-6-3-13/h10,14-16H,1-9,11-13H2. The molecule has 0 spiro atoms. The molecule has 6 nitrogen and oxygen atoms in total. The minimum absolute atomic E-state index is 0.546. The maximum atomic E-state index is 5.43. The quantitative estimate of drug-likeness (QED) is 0.203. The van der Waals surface area contributed by atoms with Crippen LogP contribution in [0.25, 0.3) is 0 Å². The van der Waals surface area contributed by atoms with Crippen LogP contribution in [0.2, 0.25) is 0 Å². The third-order valence-corrected chi connectivity index (χ3v) is 2.26. The lowest BCUT2D eigenvalue weighted by molar-refractivity contribution is 0.422. The summed E-state index contributed by atoms with van der Waals surface area (Å²) in [5.41, 5.74) is 16.3. The van der Waals surface area contributed by atoms with E-state index in [1.807, 2.05) is 0 Å². The van der Waals surface area contributed by atoms with E-state index < -0.39 is 0 Å². The van der Waals surface area contributed by atoms with Crippen molar-refractivity contribution in [3.05, 3.63) is 0 Å². The van der Waals surface area contributed by atoms with Gasteiger partial charge in [-0.25, -0.2) is 0 Å². The molecule has 9 N–H and O–H groups in total. The minimum Gasteiger partial charge on any atom is -0.329 e. The fourth-order valence-electron chi connectivity index (χ4n) is 1.44. The zero-order valence-corrected chi connectivity index (χ0v) is 10.2. The first-order chi connectivity index (χ1) is 7.85. The Bertz CT molecular complexity index is 109. The van der Waals surface area contributed by atoms with E-state index >= 15 is 0 Å². The molecule has 0 aromatic rings. The summed E-state index contributed by atoms with van der Waals surface area (Å²) in [6, 6.07) is 0. The smallest absolute Gasteiger partial charge is 0.00746 e. The largest absolute Gasteiger partial charge is 0.329 e. The Labute approximate surface area is 98.7 Å². The molecule has 0 aromatic heterocycles. The highest BCUT2D eigenvalue weighted by atomic mass is 15.0. The first-order valence-electron chi connectivity index (χ1n) is 6.07. The Morgan fingerprint density at radius 2 is 0.938 bits per heavy atom. The van der Waals surface area contributed by atoms with E-state index in [0.29, 0.717) is 25.6 Å². The summed E-state index contributed by atoms with van der Waals surface area (Å²) in [6.45, 7) is 7.53. The molecule has 16 heavy (non-hydrogen) atoms. The molecule has 0 amide bonds. The molecule has 0 aliphatic carbocycles. The van der Waals surface area contributed by atoms with Crippen LogP contribution in [0.3, 0.4) is 0 Å². The summed E-state index contributed by atoms with van der Waals surface area (Å²) in [5.74, 6) is 0.546. The van der Waals surface area contributed by atoms with Crippen LogP contribution in [0.15, 0.2) is 0 Å². The van der Waals surface area contributed by atoms with Gasteiger partial charge in [0, 0.05) is 58.9 Å². The number of hydrogen-bond donors (Lipinski definition) is 6. The fraction of sp³-hybridized carbons (Fsp3) is 1.00. The number of hydrogen-bond acceptors (Lipinski definition) is 6. The predicted octanol–water partition coefficient (Wildman–Crippen LogP) is -2.75. The molecule has 0 aromatic carbocycles. The molecule has 0 atom stereocenters. The van der Waals surface area contributed by atoms with Gasteiger partial charge in [-0.15, -0.1) is 0 Å². The van der Waals surface area contributed by atoms with Crippen molar-refractivity contribution in [3.63, 3.8) is 0 Å². The van der Waals surface area contributed by atoms with E-state index in [4.69, 9.17) is 17.2 Å². The summed E-state index contributed by atoms with van der Waals surface area (Å²) in [5, 5.41) is 9.96. The Hall–Kier alpha value is -0.240. The second-order valence-corrected chi connectivity index (χ2v) is 3.84. The van der Waals surface area contributed by atoms with Crippen molar-refractivity contribution in [3.8, 4) is 0 Å². The van der Waals surface area contributed by atoms with Gasteiger partial charge in [0.05, 0.1) is 0 Å². The van der Waals surface area contributed by atoms with Crippen LogP contribution >= 0.6 is 0 Å². The van der Waals surface area contributed by atoms with Crippen molar-refractivity contribution in [2.24, 2.45) is 23.1 Å². The normalized spacial score (nSPS) is 11.2. The molecule has 6 heteroatoms. The average Bonchev–Trinajstić information content (AvgIpc) is 2.29. The van der Waals surface area contributed by atoms with Gasteiger partial charge in [0.1, 0.15) is 0 Å². The average molecular weight is 232 g/mol. The van der Waals surface area contributed by atoms with Gasteiger partial charge in [-0.05, 0) is 5.92 Å². The summed E-state index contributed by atoms with van der Waals surface area (Å²) in [4.78, 5) is 0. The van der Waals surface area contributed by atoms with Gasteiger partial charge >= 0.3 is 0 Å². The molecule has 0 saturated heterocycles. The lowest BCUT2D eigenvalue weighted by Crippen LogP contribution is -2.41. The number of rotatable bonds is 12. The lowest BCUT2D eigenvalue weighted by atomic mass is 10.1. The predicted molar refractivity (Wildman–Crippen MR) is 69.3 cm³/mol. The minimum atomic E-state index is 0.546. The summed E-state index contributed by atoms with van der Waals surface area (Å²) < 4.78 is 0. The summed E-state index contributed by atoms with van der Waals surface area (Å²) in [6.07, 6.45) is 0. The highest BCUT2D eigenvalue weighted by Crippen LogP contribution is 1.90. The van der Waals surface area contributed by atoms with Gasteiger partial charge in [-0.1, -0.05) is 0 Å². The highest BCUT2D eigenvalue weighted by molar-refractivity contribution is 4.68. The van der Waals surface area contributed by atoms with Gasteiger partial charge in [-0.2, -0.15) is 0 Å². The lowest BCUT2D eigenvalue weighted by Gasteiger charge is -2.18. The van der Waals surface area contributed by atoms with Crippen LogP contribution in [0, 0.1) is 5.92 Å². The third kappa shape index (κ3) is 10.3. The molecule has 0 bridgehead atoms. The van der Waals surface area contributed by atoms with Gasteiger partial charge in [0.2, 0.25) is 0 Å². The molecular formula is C10H28N6. The molecule has 0 unspecified atom stereocenters. The number of nitrogens with two attached hydrogens (primary N) is 3. The van der Waals surface area contributed by atoms with E-state index in [-0.39, 0.29) is 0 Å². The van der Waals surface area contributed by atoms with Crippen molar-refractivity contribution in [1.29, 1.82) is 0 Å². The first-order valence-corrected chi connectivity index (χ1v) is 6.07. The molecule has 0 aliphatic rings. The van der Waals surface area contributed by atoms with Crippen LogP contribution in [0.4, 0.5) is 0 Å². The molecule has 0 aliphatic heterocycles. The van der Waals surface area contributed by atoms with Crippen molar-refractivity contribution < 1.29 is 0 Å². The van der Waals surface area contributed by atoms with Crippen LogP contribution in [0.1, 0.15) is 0 Å². The third-order valence-electron chi connectivity index (χ3n) is 2.26. The van der Waals surface area contributed by atoms with Crippen molar-refractivity contribution in [2.45, 2.75) is 0 Å².